The topological polar surface area (TPSA) is 54.4 Å². The minimum atomic E-state index is -1.50. The highest BCUT2D eigenvalue weighted by Gasteiger charge is 2.67. The second kappa shape index (κ2) is 5.41. The van der Waals surface area contributed by atoms with Gasteiger partial charge in [-0.3, -0.25) is 9.59 Å². The van der Waals surface area contributed by atoms with E-state index in [4.69, 9.17) is 0 Å². The summed E-state index contributed by atoms with van der Waals surface area (Å²) in [5.74, 6) is -0.417. The molecular formula is C21H25FO3S. The second-order valence-electron chi connectivity index (χ2n) is 8.94. The fourth-order valence-corrected chi connectivity index (χ4v) is 6.81. The van der Waals surface area contributed by atoms with Crippen molar-refractivity contribution < 1.29 is 19.1 Å². The van der Waals surface area contributed by atoms with Crippen LogP contribution >= 0.6 is 12.6 Å². The standard InChI is InChI=1S/C21H25FO3S/c1-11-8-15-13-10-17(22)16-9-12(23)4-6-19(16,2)14(13)5-7-20(15,3)21(11,25)18(24)26/h4-6,9,11,13,15,17,25H,7-8,10H2,1-3H3,(H,24,26)/t11-,13-,15+,17+,19-,20+,21+/m1/s1. The molecule has 0 spiro atoms. The van der Waals surface area contributed by atoms with Crippen LogP contribution in [0.25, 0.3) is 0 Å². The van der Waals surface area contributed by atoms with Gasteiger partial charge in [0.15, 0.2) is 5.78 Å². The molecule has 2 fully saturated rings. The first-order valence-electron chi connectivity index (χ1n) is 9.31. The Labute approximate surface area is 158 Å². The van der Waals surface area contributed by atoms with Gasteiger partial charge in [-0.1, -0.05) is 31.6 Å². The highest BCUT2D eigenvalue weighted by Crippen LogP contribution is 2.66. The van der Waals surface area contributed by atoms with Crippen molar-refractivity contribution in [2.24, 2.45) is 28.6 Å². The van der Waals surface area contributed by atoms with Crippen LogP contribution < -0.4 is 0 Å². The van der Waals surface area contributed by atoms with Crippen LogP contribution in [0.15, 0.2) is 35.5 Å². The second-order valence-corrected chi connectivity index (χ2v) is 9.35. The molecule has 140 valence electrons. The quantitative estimate of drug-likeness (QED) is 0.543. The summed E-state index contributed by atoms with van der Waals surface area (Å²) in [5, 5.41) is 10.8. The number of aliphatic hydroxyl groups is 1. The number of rotatable bonds is 1. The maximum Gasteiger partial charge on any atom is 0.218 e. The van der Waals surface area contributed by atoms with Crippen LogP contribution in [0.5, 0.6) is 0 Å². The van der Waals surface area contributed by atoms with Gasteiger partial charge in [0.25, 0.3) is 0 Å². The van der Waals surface area contributed by atoms with Crippen molar-refractivity contribution in [3.05, 3.63) is 35.5 Å². The van der Waals surface area contributed by atoms with E-state index in [0.717, 1.165) is 5.57 Å². The van der Waals surface area contributed by atoms with Gasteiger partial charge in [-0.15, -0.1) is 12.6 Å². The van der Waals surface area contributed by atoms with Crippen LogP contribution in [0.1, 0.15) is 40.0 Å². The first-order chi connectivity index (χ1) is 12.1. The third kappa shape index (κ3) is 1.99. The zero-order chi connectivity index (χ0) is 19.1. The molecule has 0 aromatic carbocycles. The van der Waals surface area contributed by atoms with Gasteiger partial charge in [0.05, 0.1) is 0 Å². The van der Waals surface area contributed by atoms with Gasteiger partial charge in [-0.2, -0.15) is 0 Å². The Hall–Kier alpha value is -1.20. The Morgan fingerprint density at radius 3 is 2.65 bits per heavy atom. The lowest BCUT2D eigenvalue weighted by Gasteiger charge is -2.54. The molecule has 0 aromatic rings. The Bertz CT molecular complexity index is 799. The number of fused-ring (bicyclic) bond motifs is 5. The summed E-state index contributed by atoms with van der Waals surface area (Å²) >= 11 is 4.00. The summed E-state index contributed by atoms with van der Waals surface area (Å²) in [5.41, 5.74) is -1.06. The maximum absolute atomic E-state index is 15.1. The van der Waals surface area contributed by atoms with E-state index in [9.17, 15) is 14.7 Å². The van der Waals surface area contributed by atoms with Crippen molar-refractivity contribution in [3.63, 3.8) is 0 Å². The molecule has 0 heterocycles. The Morgan fingerprint density at radius 2 is 2.00 bits per heavy atom. The molecule has 4 aliphatic rings. The lowest BCUT2D eigenvalue weighted by Crippen LogP contribution is -2.56. The lowest BCUT2D eigenvalue weighted by molar-refractivity contribution is -0.148. The molecule has 4 rings (SSSR count). The van der Waals surface area contributed by atoms with Crippen molar-refractivity contribution >= 4 is 23.5 Å². The zero-order valence-corrected chi connectivity index (χ0v) is 16.2. The van der Waals surface area contributed by atoms with E-state index in [2.05, 4.69) is 18.7 Å². The average Bonchev–Trinajstić information content (AvgIpc) is 2.78. The monoisotopic (exact) mass is 376 g/mol. The molecule has 0 aliphatic heterocycles. The van der Waals surface area contributed by atoms with E-state index in [1.165, 1.54) is 12.2 Å². The summed E-state index contributed by atoms with van der Waals surface area (Å²) in [7, 11) is 0. The molecular weight excluding hydrogens is 351 g/mol. The van der Waals surface area contributed by atoms with E-state index >= 15 is 4.39 Å². The number of alkyl halides is 1. The number of ketones is 1. The number of allylic oxidation sites excluding steroid dienone is 6. The van der Waals surface area contributed by atoms with E-state index in [-0.39, 0.29) is 23.5 Å². The molecule has 0 unspecified atom stereocenters. The van der Waals surface area contributed by atoms with Crippen LogP contribution in [-0.4, -0.2) is 27.8 Å². The van der Waals surface area contributed by atoms with Crippen LogP contribution in [0.4, 0.5) is 4.39 Å². The van der Waals surface area contributed by atoms with E-state index in [0.29, 0.717) is 24.8 Å². The maximum atomic E-state index is 15.1. The summed E-state index contributed by atoms with van der Waals surface area (Å²) in [6.07, 6.45) is 7.22. The van der Waals surface area contributed by atoms with Crippen LogP contribution in [0.3, 0.4) is 0 Å². The molecule has 1 N–H and O–H groups in total. The summed E-state index contributed by atoms with van der Waals surface area (Å²) in [4.78, 5) is 24.0. The van der Waals surface area contributed by atoms with Crippen molar-refractivity contribution in [2.75, 3.05) is 0 Å². The van der Waals surface area contributed by atoms with E-state index < -0.39 is 27.7 Å². The van der Waals surface area contributed by atoms with E-state index in [1.54, 1.807) is 0 Å². The molecule has 0 amide bonds. The number of hydrogen-bond donors (Lipinski definition) is 2. The molecule has 4 aliphatic carbocycles. The lowest BCUT2D eigenvalue weighted by atomic mass is 9.51. The molecule has 3 nitrogen and oxygen atoms in total. The van der Waals surface area contributed by atoms with Gasteiger partial charge in [-0.25, -0.2) is 4.39 Å². The number of hydrogen-bond acceptors (Lipinski definition) is 3. The highest BCUT2D eigenvalue weighted by molar-refractivity contribution is 7.96. The van der Waals surface area contributed by atoms with Gasteiger partial charge in [0.1, 0.15) is 11.8 Å². The normalized spacial score (nSPS) is 49.7. The SMILES string of the molecule is C[C@@H]1C[C@H]2[C@@H]3C[C@H](F)C4=CC(=O)C=C[C@]4(C)C3=CC[C@]2(C)[C@@]1(O)C(=O)S. The highest BCUT2D eigenvalue weighted by atomic mass is 32.1. The molecule has 26 heavy (non-hydrogen) atoms. The predicted octanol–water partition coefficient (Wildman–Crippen LogP) is 3.60. The predicted molar refractivity (Wildman–Crippen MR) is 100 cm³/mol. The van der Waals surface area contributed by atoms with Gasteiger partial charge >= 0.3 is 0 Å². The van der Waals surface area contributed by atoms with Gasteiger partial charge in [0.2, 0.25) is 5.12 Å². The van der Waals surface area contributed by atoms with Crippen molar-refractivity contribution in [3.8, 4) is 0 Å². The third-order valence-electron chi connectivity index (χ3n) is 7.84. The summed E-state index contributed by atoms with van der Waals surface area (Å²) in [6, 6.07) is 0. The van der Waals surface area contributed by atoms with Gasteiger partial charge < -0.3 is 5.11 Å². The average molecular weight is 376 g/mol. The Morgan fingerprint density at radius 1 is 1.31 bits per heavy atom. The first kappa shape index (κ1) is 18.2. The largest absolute Gasteiger partial charge is 0.380 e. The molecule has 2 saturated carbocycles. The molecule has 0 bridgehead atoms. The number of carbonyl (C=O) groups is 2. The minimum Gasteiger partial charge on any atom is -0.380 e. The smallest absolute Gasteiger partial charge is 0.218 e. The fraction of sp³-hybridized carbons (Fsp3) is 0.619. The van der Waals surface area contributed by atoms with Crippen LogP contribution in [0, 0.1) is 28.6 Å². The molecule has 5 heteroatoms. The van der Waals surface area contributed by atoms with Crippen molar-refractivity contribution in [2.45, 2.75) is 51.8 Å². The first-order valence-corrected chi connectivity index (χ1v) is 9.76. The number of thiol groups is 1. The molecule has 0 saturated heterocycles. The molecule has 0 radical (unpaired) electrons. The van der Waals surface area contributed by atoms with Gasteiger partial charge in [0, 0.05) is 10.8 Å². The fourth-order valence-electron chi connectivity index (χ4n) is 6.33. The number of halogens is 1. The van der Waals surface area contributed by atoms with E-state index in [1.807, 2.05) is 26.8 Å². The van der Waals surface area contributed by atoms with Crippen molar-refractivity contribution in [1.29, 1.82) is 0 Å². The van der Waals surface area contributed by atoms with Crippen LogP contribution in [-0.2, 0) is 9.59 Å². The summed E-state index contributed by atoms with van der Waals surface area (Å²) in [6.45, 7) is 5.81. The zero-order valence-electron chi connectivity index (χ0n) is 15.3. The number of carbonyl (C=O) groups excluding carboxylic acids is 2. The third-order valence-corrected chi connectivity index (χ3v) is 8.18. The Kier molecular flexibility index (Phi) is 3.79. The van der Waals surface area contributed by atoms with Crippen LogP contribution in [0.2, 0.25) is 0 Å². The Balaban J connectivity index is 1.84. The van der Waals surface area contributed by atoms with Crippen molar-refractivity contribution in [1.82, 2.24) is 0 Å². The molecule has 0 aromatic heterocycles. The summed E-state index contributed by atoms with van der Waals surface area (Å²) < 4.78 is 15.1. The minimum absolute atomic E-state index is 0.0150. The molecule has 7 atom stereocenters. The van der Waals surface area contributed by atoms with Gasteiger partial charge in [-0.05, 0) is 61.7 Å².